The highest BCUT2D eigenvalue weighted by atomic mass is 35.5. The molecule has 0 unspecified atom stereocenters. The van der Waals surface area contributed by atoms with Crippen molar-refractivity contribution >= 4 is 18.5 Å². The molecule has 0 spiro atoms. The molecular weight excluding hydrogens is 244 g/mol. The van der Waals surface area contributed by atoms with E-state index in [1.54, 1.807) is 0 Å². The Bertz CT molecular complexity index is 227. The molecule has 0 fully saturated rings. The first-order valence-electron chi connectivity index (χ1n) is 5.47. The molecule has 0 aliphatic carbocycles. The fraction of sp³-hybridized carbons (Fsp3) is 0.909. The van der Waals surface area contributed by atoms with Crippen LogP contribution in [0.3, 0.4) is 0 Å². The maximum atomic E-state index is 11.4. The predicted molar refractivity (Wildman–Crippen MR) is 70.6 cm³/mol. The van der Waals surface area contributed by atoms with E-state index in [1.165, 1.54) is 0 Å². The number of amides is 1. The van der Waals surface area contributed by atoms with Crippen LogP contribution in [0.5, 0.6) is 0 Å². The van der Waals surface area contributed by atoms with Gasteiger partial charge in [0.15, 0.2) is 0 Å². The molecule has 0 bridgehead atoms. The number of rotatable bonds is 5. The van der Waals surface area contributed by atoms with Crippen molar-refractivity contribution in [2.24, 2.45) is 5.73 Å². The van der Waals surface area contributed by atoms with Crippen LogP contribution in [0.15, 0.2) is 0 Å². The third kappa shape index (κ3) is 11.7. The van der Waals surface area contributed by atoms with Crippen molar-refractivity contribution in [1.82, 2.24) is 5.32 Å². The summed E-state index contributed by atoms with van der Waals surface area (Å²) in [6, 6.07) is 0. The van der Waals surface area contributed by atoms with Crippen LogP contribution in [-0.2, 0) is 9.47 Å². The van der Waals surface area contributed by atoms with Gasteiger partial charge in [0.25, 0.3) is 0 Å². The largest absolute Gasteiger partial charge is 0.444 e. The molecule has 0 saturated carbocycles. The summed E-state index contributed by atoms with van der Waals surface area (Å²) in [7, 11) is 0. The summed E-state index contributed by atoms with van der Waals surface area (Å²) in [5.41, 5.74) is 4.42. The van der Waals surface area contributed by atoms with Crippen LogP contribution >= 0.6 is 12.4 Å². The summed E-state index contributed by atoms with van der Waals surface area (Å²) in [4.78, 5) is 11.4. The summed E-state index contributed by atoms with van der Waals surface area (Å²) in [5, 5.41) is 2.66. The Morgan fingerprint density at radius 3 is 2.18 bits per heavy atom. The van der Waals surface area contributed by atoms with E-state index in [2.05, 4.69) is 5.32 Å². The van der Waals surface area contributed by atoms with E-state index in [1.807, 2.05) is 34.6 Å². The number of carbonyl (C=O) groups is 1. The number of alkyl carbamates (subject to hydrolysis) is 1. The maximum Gasteiger partial charge on any atom is 0.407 e. The van der Waals surface area contributed by atoms with E-state index < -0.39 is 17.3 Å². The normalized spacial score (nSPS) is 11.6. The molecule has 17 heavy (non-hydrogen) atoms. The molecule has 0 aromatic carbocycles. The zero-order valence-electron chi connectivity index (χ0n) is 11.3. The van der Waals surface area contributed by atoms with Gasteiger partial charge in [0.1, 0.15) is 5.60 Å². The van der Waals surface area contributed by atoms with Gasteiger partial charge in [0.05, 0.1) is 12.2 Å². The molecule has 1 amide bonds. The number of nitrogens with one attached hydrogen (secondary N) is 1. The molecule has 0 radical (unpaired) electrons. The smallest absolute Gasteiger partial charge is 0.407 e. The van der Waals surface area contributed by atoms with Crippen molar-refractivity contribution in [2.45, 2.75) is 45.8 Å². The van der Waals surface area contributed by atoms with E-state index in [0.717, 1.165) is 0 Å². The predicted octanol–water partition coefficient (Wildman–Crippen LogP) is 1.69. The number of carbonyl (C=O) groups excluding carboxylic acids is 1. The number of nitrogens with two attached hydrogens (primary N) is 1. The van der Waals surface area contributed by atoms with Crippen LogP contribution < -0.4 is 11.1 Å². The van der Waals surface area contributed by atoms with Gasteiger partial charge in [-0.3, -0.25) is 0 Å². The maximum absolute atomic E-state index is 11.4. The topological polar surface area (TPSA) is 73.6 Å². The average Bonchev–Trinajstić information content (AvgIpc) is 2.09. The molecule has 0 aliphatic heterocycles. The summed E-state index contributed by atoms with van der Waals surface area (Å²) in [6.45, 7) is 10.6. The minimum Gasteiger partial charge on any atom is -0.444 e. The SMILES string of the molecule is CC(C)(C)OC(=O)NCC(C)(C)OCCN.Cl. The number of hydrogen-bond donors (Lipinski definition) is 2. The van der Waals surface area contributed by atoms with Crippen molar-refractivity contribution in [2.75, 3.05) is 19.7 Å². The Balaban J connectivity index is 0. The fourth-order valence-corrected chi connectivity index (χ4v) is 0.985. The summed E-state index contributed by atoms with van der Waals surface area (Å²) in [5.74, 6) is 0. The Morgan fingerprint density at radius 1 is 1.24 bits per heavy atom. The molecular formula is C11H25ClN2O3. The van der Waals surface area contributed by atoms with Gasteiger partial charge >= 0.3 is 6.09 Å². The first-order chi connectivity index (χ1) is 7.16. The third-order valence-electron chi connectivity index (χ3n) is 1.67. The van der Waals surface area contributed by atoms with Crippen molar-refractivity contribution < 1.29 is 14.3 Å². The second-order valence-electron chi connectivity index (χ2n) is 5.25. The average molecular weight is 269 g/mol. The highest BCUT2D eigenvalue weighted by molar-refractivity contribution is 5.85. The molecule has 0 rings (SSSR count). The molecule has 6 heteroatoms. The van der Waals surface area contributed by atoms with E-state index in [4.69, 9.17) is 15.2 Å². The van der Waals surface area contributed by atoms with Gasteiger partial charge < -0.3 is 20.5 Å². The Morgan fingerprint density at radius 2 is 1.76 bits per heavy atom. The highest BCUT2D eigenvalue weighted by Crippen LogP contribution is 2.09. The van der Waals surface area contributed by atoms with Gasteiger partial charge in [0.2, 0.25) is 0 Å². The Kier molecular flexibility index (Phi) is 8.57. The second kappa shape index (κ2) is 7.74. The molecule has 104 valence electrons. The summed E-state index contributed by atoms with van der Waals surface area (Å²) < 4.78 is 10.6. The standard InChI is InChI=1S/C11H24N2O3.ClH/c1-10(2,3)16-9(14)13-8-11(4,5)15-7-6-12;/h6-8,12H2,1-5H3,(H,13,14);1H. The molecule has 0 aromatic heterocycles. The Hall–Kier alpha value is -0.520. The van der Waals surface area contributed by atoms with E-state index in [0.29, 0.717) is 19.7 Å². The molecule has 0 heterocycles. The minimum atomic E-state index is -0.480. The monoisotopic (exact) mass is 268 g/mol. The van der Waals surface area contributed by atoms with E-state index in [-0.39, 0.29) is 12.4 Å². The molecule has 3 N–H and O–H groups in total. The summed E-state index contributed by atoms with van der Waals surface area (Å²) in [6.07, 6.45) is -0.433. The van der Waals surface area contributed by atoms with Crippen molar-refractivity contribution in [1.29, 1.82) is 0 Å². The van der Waals surface area contributed by atoms with Crippen molar-refractivity contribution in [3.05, 3.63) is 0 Å². The minimum absolute atomic E-state index is 0. The lowest BCUT2D eigenvalue weighted by atomic mass is 10.1. The zero-order chi connectivity index (χ0) is 12.8. The quantitative estimate of drug-likeness (QED) is 0.796. The molecule has 0 saturated heterocycles. The fourth-order valence-electron chi connectivity index (χ4n) is 0.985. The highest BCUT2D eigenvalue weighted by Gasteiger charge is 2.21. The first-order valence-corrected chi connectivity index (χ1v) is 5.47. The first kappa shape index (κ1) is 18.8. The zero-order valence-corrected chi connectivity index (χ0v) is 12.1. The van der Waals surface area contributed by atoms with Crippen LogP contribution in [0.4, 0.5) is 4.79 Å². The lowest BCUT2D eigenvalue weighted by molar-refractivity contribution is -0.0153. The van der Waals surface area contributed by atoms with Crippen LogP contribution in [0.25, 0.3) is 0 Å². The lowest BCUT2D eigenvalue weighted by Crippen LogP contribution is -2.43. The van der Waals surface area contributed by atoms with Crippen LogP contribution in [0, 0.1) is 0 Å². The number of ether oxygens (including phenoxy) is 2. The van der Waals surface area contributed by atoms with Gasteiger partial charge in [0, 0.05) is 13.1 Å². The molecule has 0 aliphatic rings. The Labute approximate surface area is 110 Å². The van der Waals surface area contributed by atoms with Crippen LogP contribution in [0.1, 0.15) is 34.6 Å². The molecule has 5 nitrogen and oxygen atoms in total. The third-order valence-corrected chi connectivity index (χ3v) is 1.67. The molecule has 0 atom stereocenters. The van der Waals surface area contributed by atoms with Gasteiger partial charge in [-0.25, -0.2) is 4.79 Å². The second-order valence-corrected chi connectivity index (χ2v) is 5.25. The van der Waals surface area contributed by atoms with Gasteiger partial charge in [-0.05, 0) is 34.6 Å². The van der Waals surface area contributed by atoms with Gasteiger partial charge in [-0.2, -0.15) is 0 Å². The van der Waals surface area contributed by atoms with E-state index in [9.17, 15) is 4.79 Å². The van der Waals surface area contributed by atoms with Crippen molar-refractivity contribution in [3.8, 4) is 0 Å². The van der Waals surface area contributed by atoms with Crippen LogP contribution in [0.2, 0.25) is 0 Å². The van der Waals surface area contributed by atoms with Crippen LogP contribution in [-0.4, -0.2) is 37.0 Å². The van der Waals surface area contributed by atoms with E-state index >= 15 is 0 Å². The van der Waals surface area contributed by atoms with Gasteiger partial charge in [-0.15, -0.1) is 12.4 Å². The van der Waals surface area contributed by atoms with Crippen molar-refractivity contribution in [3.63, 3.8) is 0 Å². The molecule has 0 aromatic rings. The number of hydrogen-bond acceptors (Lipinski definition) is 4. The summed E-state index contributed by atoms with van der Waals surface area (Å²) >= 11 is 0. The van der Waals surface area contributed by atoms with Gasteiger partial charge in [-0.1, -0.05) is 0 Å². The lowest BCUT2D eigenvalue weighted by Gasteiger charge is -2.26. The number of halogens is 1.